The fraction of sp³-hybridized carbons (Fsp3) is 0.273. The molecule has 5 heteroatoms. The van der Waals surface area contributed by atoms with E-state index in [4.69, 9.17) is 9.47 Å². The second-order valence-electron chi connectivity index (χ2n) is 6.77. The highest BCUT2D eigenvalue weighted by atomic mass is 16.5. The number of nitrogens with zero attached hydrogens (tertiary/aromatic N) is 2. The number of ether oxygens (including phenoxy) is 2. The fourth-order valence-electron chi connectivity index (χ4n) is 3.40. The predicted octanol–water partition coefficient (Wildman–Crippen LogP) is 3.91. The highest BCUT2D eigenvalue weighted by Crippen LogP contribution is 2.27. The number of piperidine rings is 1. The van der Waals surface area contributed by atoms with Crippen molar-refractivity contribution in [2.75, 3.05) is 20.2 Å². The number of hydrogen-bond donors (Lipinski definition) is 0. The molecule has 2 heterocycles. The summed E-state index contributed by atoms with van der Waals surface area (Å²) in [6, 6.07) is 16.1. The Balaban J connectivity index is 1.47. The third-order valence-electron chi connectivity index (χ3n) is 5.01. The van der Waals surface area contributed by atoms with E-state index in [2.05, 4.69) is 23.2 Å². The topological polar surface area (TPSA) is 51.7 Å². The largest absolute Gasteiger partial charge is 0.497 e. The second-order valence-corrected chi connectivity index (χ2v) is 6.77. The highest BCUT2D eigenvalue weighted by molar-refractivity contribution is 5.84. The van der Waals surface area contributed by atoms with E-state index in [0.29, 0.717) is 0 Å². The van der Waals surface area contributed by atoms with Crippen LogP contribution >= 0.6 is 0 Å². The van der Waals surface area contributed by atoms with Crippen LogP contribution in [0.25, 0.3) is 22.0 Å². The van der Waals surface area contributed by atoms with E-state index in [1.165, 1.54) is 0 Å². The van der Waals surface area contributed by atoms with Gasteiger partial charge in [-0.15, -0.1) is 0 Å². The van der Waals surface area contributed by atoms with Crippen LogP contribution in [0, 0.1) is 0 Å². The summed E-state index contributed by atoms with van der Waals surface area (Å²) in [5, 5.41) is 1.08. The van der Waals surface area contributed by atoms with Crippen LogP contribution in [-0.4, -0.2) is 42.6 Å². The smallest absolute Gasteiger partial charge is 0.209 e. The van der Waals surface area contributed by atoms with Crippen molar-refractivity contribution in [2.24, 2.45) is 0 Å². The number of aromatic nitrogens is 1. The van der Waals surface area contributed by atoms with Gasteiger partial charge < -0.3 is 14.4 Å². The van der Waals surface area contributed by atoms with Crippen molar-refractivity contribution in [2.45, 2.75) is 18.9 Å². The van der Waals surface area contributed by atoms with Gasteiger partial charge in [0, 0.05) is 49.1 Å². The zero-order valence-electron chi connectivity index (χ0n) is 15.3. The minimum atomic E-state index is 0.171. The van der Waals surface area contributed by atoms with Crippen LogP contribution in [0.4, 0.5) is 0 Å². The van der Waals surface area contributed by atoms with Gasteiger partial charge in [-0.3, -0.25) is 9.78 Å². The lowest BCUT2D eigenvalue weighted by molar-refractivity contribution is -0.119. The summed E-state index contributed by atoms with van der Waals surface area (Å²) in [5.74, 6) is 1.67. The molecule has 4 rings (SSSR count). The van der Waals surface area contributed by atoms with E-state index in [1.54, 1.807) is 12.0 Å². The molecule has 1 aliphatic rings. The molecule has 138 valence electrons. The Morgan fingerprint density at radius 1 is 1.00 bits per heavy atom. The van der Waals surface area contributed by atoms with Gasteiger partial charge in [0.2, 0.25) is 6.41 Å². The van der Waals surface area contributed by atoms with Crippen molar-refractivity contribution in [1.82, 2.24) is 9.88 Å². The first-order valence-electron chi connectivity index (χ1n) is 9.15. The van der Waals surface area contributed by atoms with Crippen molar-refractivity contribution in [3.05, 3.63) is 54.7 Å². The Morgan fingerprint density at radius 3 is 2.44 bits per heavy atom. The average molecular weight is 362 g/mol. The van der Waals surface area contributed by atoms with E-state index < -0.39 is 0 Å². The van der Waals surface area contributed by atoms with Crippen LogP contribution < -0.4 is 9.47 Å². The molecular formula is C22H22N2O3. The standard InChI is InChI=1S/C22H22N2O3/c1-26-21-7-4-17-12-18(14-23-22(17)13-21)16-2-5-19(6-3-16)27-20-8-10-24(15-25)11-9-20/h2-7,12-15,20H,8-11H2,1H3. The Hall–Kier alpha value is -3.08. The minimum Gasteiger partial charge on any atom is -0.497 e. The molecular weight excluding hydrogens is 340 g/mol. The molecule has 1 saturated heterocycles. The van der Waals surface area contributed by atoms with Crippen LogP contribution in [-0.2, 0) is 4.79 Å². The Morgan fingerprint density at radius 2 is 1.74 bits per heavy atom. The van der Waals surface area contributed by atoms with Gasteiger partial charge in [0.05, 0.1) is 12.6 Å². The van der Waals surface area contributed by atoms with E-state index in [0.717, 1.165) is 65.9 Å². The second kappa shape index (κ2) is 7.66. The molecule has 0 N–H and O–H groups in total. The normalized spacial score (nSPS) is 14.9. The molecule has 0 saturated carbocycles. The van der Waals surface area contributed by atoms with Crippen molar-refractivity contribution in [3.8, 4) is 22.6 Å². The number of likely N-dealkylation sites (tertiary alicyclic amines) is 1. The lowest BCUT2D eigenvalue weighted by atomic mass is 10.0. The molecule has 0 spiro atoms. The molecule has 1 aromatic heterocycles. The van der Waals surface area contributed by atoms with Gasteiger partial charge in [-0.2, -0.15) is 0 Å². The molecule has 0 bridgehead atoms. The lowest BCUT2D eigenvalue weighted by Crippen LogP contribution is -2.37. The zero-order chi connectivity index (χ0) is 18.6. The molecule has 5 nitrogen and oxygen atoms in total. The first-order valence-corrected chi connectivity index (χ1v) is 9.15. The molecule has 3 aromatic rings. The van der Waals surface area contributed by atoms with E-state index in [1.807, 2.05) is 36.5 Å². The number of carbonyl (C=O) groups is 1. The van der Waals surface area contributed by atoms with Crippen LogP contribution in [0.15, 0.2) is 54.7 Å². The van der Waals surface area contributed by atoms with Crippen molar-refractivity contribution in [1.29, 1.82) is 0 Å². The maximum Gasteiger partial charge on any atom is 0.209 e. The maximum absolute atomic E-state index is 10.8. The van der Waals surface area contributed by atoms with Gasteiger partial charge in [-0.25, -0.2) is 0 Å². The van der Waals surface area contributed by atoms with Crippen LogP contribution in [0.2, 0.25) is 0 Å². The molecule has 0 unspecified atom stereocenters. The molecule has 0 atom stereocenters. The van der Waals surface area contributed by atoms with E-state index in [-0.39, 0.29) is 6.10 Å². The van der Waals surface area contributed by atoms with Crippen molar-refractivity contribution in [3.63, 3.8) is 0 Å². The first kappa shape index (κ1) is 17.3. The SMILES string of the molecule is COc1ccc2cc(-c3ccc(OC4CCN(C=O)CC4)cc3)cnc2c1. The van der Waals surface area contributed by atoms with Crippen molar-refractivity contribution < 1.29 is 14.3 Å². The number of pyridine rings is 1. The number of rotatable bonds is 5. The van der Waals surface area contributed by atoms with Crippen LogP contribution in [0.1, 0.15) is 12.8 Å². The number of amides is 1. The van der Waals surface area contributed by atoms with Gasteiger partial charge >= 0.3 is 0 Å². The van der Waals surface area contributed by atoms with E-state index >= 15 is 0 Å². The average Bonchev–Trinajstić information content (AvgIpc) is 2.74. The fourth-order valence-corrected chi connectivity index (χ4v) is 3.40. The summed E-state index contributed by atoms with van der Waals surface area (Å²) >= 11 is 0. The van der Waals surface area contributed by atoms with Gasteiger partial charge in [0.1, 0.15) is 17.6 Å². The number of hydrogen-bond acceptors (Lipinski definition) is 4. The van der Waals surface area contributed by atoms with E-state index in [9.17, 15) is 4.79 Å². The van der Waals surface area contributed by atoms with Crippen molar-refractivity contribution >= 4 is 17.3 Å². The molecule has 1 fully saturated rings. The molecule has 0 aliphatic carbocycles. The van der Waals surface area contributed by atoms with Gasteiger partial charge in [-0.05, 0) is 35.9 Å². The number of benzene rings is 2. The minimum absolute atomic E-state index is 0.171. The summed E-state index contributed by atoms with van der Waals surface area (Å²) in [4.78, 5) is 17.1. The molecule has 2 aromatic carbocycles. The maximum atomic E-state index is 10.8. The van der Waals surface area contributed by atoms with Crippen LogP contribution in [0.5, 0.6) is 11.5 Å². The third-order valence-corrected chi connectivity index (χ3v) is 5.01. The van der Waals surface area contributed by atoms with Gasteiger partial charge in [0.25, 0.3) is 0 Å². The zero-order valence-corrected chi connectivity index (χ0v) is 15.3. The number of methoxy groups -OCH3 is 1. The lowest BCUT2D eigenvalue weighted by Gasteiger charge is -2.29. The predicted molar refractivity (Wildman–Crippen MR) is 105 cm³/mol. The Bertz CT molecular complexity index is 932. The number of fused-ring (bicyclic) bond motifs is 1. The molecule has 27 heavy (non-hydrogen) atoms. The monoisotopic (exact) mass is 362 g/mol. The molecule has 1 aliphatic heterocycles. The quantitative estimate of drug-likeness (QED) is 0.646. The van der Waals surface area contributed by atoms with Gasteiger partial charge in [-0.1, -0.05) is 12.1 Å². The summed E-state index contributed by atoms with van der Waals surface area (Å²) in [5.41, 5.74) is 3.08. The Labute approximate surface area is 158 Å². The molecule has 1 amide bonds. The summed E-state index contributed by atoms with van der Waals surface area (Å²) in [6.07, 6.45) is 4.71. The Kier molecular flexibility index (Phi) is 4.92. The third kappa shape index (κ3) is 3.87. The first-order chi connectivity index (χ1) is 13.2. The summed E-state index contributed by atoms with van der Waals surface area (Å²) in [6.45, 7) is 1.53. The molecule has 0 radical (unpaired) electrons. The summed E-state index contributed by atoms with van der Waals surface area (Å²) in [7, 11) is 1.66. The highest BCUT2D eigenvalue weighted by Gasteiger charge is 2.19. The summed E-state index contributed by atoms with van der Waals surface area (Å²) < 4.78 is 11.3. The van der Waals surface area contributed by atoms with Gasteiger partial charge in [0.15, 0.2) is 0 Å². The number of carbonyl (C=O) groups excluding carboxylic acids is 1. The van der Waals surface area contributed by atoms with Crippen LogP contribution in [0.3, 0.4) is 0 Å².